The SMILES string of the molecule is CN[C@H](c1ccccc1)[C@H](NC)c1ccccc1.N[C@H](c1ccccc1)[C@H](N)c1ccccc1.N[C@H]1CCCC[C@@H]1N. The number of nitrogens with two attached hydrogens (primary N) is 4. The summed E-state index contributed by atoms with van der Waals surface area (Å²) in [5.74, 6) is 0. The van der Waals surface area contributed by atoms with Gasteiger partial charge in [-0.05, 0) is 49.2 Å². The molecule has 0 spiro atoms. The van der Waals surface area contributed by atoms with Crippen LogP contribution in [-0.2, 0) is 0 Å². The molecule has 0 bridgehead atoms. The Bertz CT molecular complexity index is 1120. The van der Waals surface area contributed by atoms with E-state index in [0.29, 0.717) is 0 Å². The van der Waals surface area contributed by atoms with Crippen LogP contribution < -0.4 is 33.6 Å². The summed E-state index contributed by atoms with van der Waals surface area (Å²) in [5.41, 5.74) is 28.3. The first-order valence-corrected chi connectivity index (χ1v) is 15.0. The summed E-state index contributed by atoms with van der Waals surface area (Å²) in [4.78, 5) is 0. The molecular formula is C36H50N6. The normalized spacial score (nSPS) is 19.1. The summed E-state index contributed by atoms with van der Waals surface area (Å²) in [6, 6.07) is 41.7. The lowest BCUT2D eigenvalue weighted by Crippen LogP contribution is -2.43. The minimum atomic E-state index is -0.163. The molecule has 0 aliphatic heterocycles. The van der Waals surface area contributed by atoms with Gasteiger partial charge in [0.25, 0.3) is 0 Å². The average Bonchev–Trinajstić information content (AvgIpc) is 3.06. The van der Waals surface area contributed by atoms with Gasteiger partial charge in [-0.1, -0.05) is 134 Å². The van der Waals surface area contributed by atoms with E-state index < -0.39 is 0 Å². The fourth-order valence-corrected chi connectivity index (χ4v) is 5.33. The second-order valence-corrected chi connectivity index (χ2v) is 10.8. The van der Waals surface area contributed by atoms with Crippen LogP contribution in [0.1, 0.15) is 72.1 Å². The van der Waals surface area contributed by atoms with Gasteiger partial charge in [-0.2, -0.15) is 0 Å². The lowest BCUT2D eigenvalue weighted by molar-refractivity contribution is 0.385. The van der Waals surface area contributed by atoms with Crippen molar-refractivity contribution in [1.29, 1.82) is 0 Å². The molecular weight excluding hydrogens is 516 g/mol. The second-order valence-electron chi connectivity index (χ2n) is 10.8. The Kier molecular flexibility index (Phi) is 14.4. The van der Waals surface area contributed by atoms with E-state index in [-0.39, 0.29) is 36.3 Å². The van der Waals surface area contributed by atoms with Gasteiger partial charge in [0.2, 0.25) is 0 Å². The fraction of sp³-hybridized carbons (Fsp3) is 0.333. The Morgan fingerprint density at radius 1 is 0.476 bits per heavy atom. The minimum absolute atomic E-state index is 0.163. The molecule has 0 heterocycles. The maximum Gasteiger partial charge on any atom is 0.0515 e. The summed E-state index contributed by atoms with van der Waals surface area (Å²) >= 11 is 0. The maximum absolute atomic E-state index is 6.15. The number of likely N-dealkylation sites (N-methyl/N-ethyl adjacent to an activating group) is 2. The van der Waals surface area contributed by atoms with E-state index in [1.807, 2.05) is 86.9 Å². The van der Waals surface area contributed by atoms with Crippen LogP contribution in [0.5, 0.6) is 0 Å². The Morgan fingerprint density at radius 2 is 0.738 bits per heavy atom. The maximum atomic E-state index is 6.15. The molecule has 224 valence electrons. The van der Waals surface area contributed by atoms with E-state index in [1.54, 1.807) is 0 Å². The van der Waals surface area contributed by atoms with Gasteiger partial charge in [-0.3, -0.25) is 0 Å². The van der Waals surface area contributed by atoms with Gasteiger partial charge in [-0.15, -0.1) is 0 Å². The van der Waals surface area contributed by atoms with E-state index in [4.69, 9.17) is 22.9 Å². The second kappa shape index (κ2) is 18.2. The Balaban J connectivity index is 0.000000185. The molecule has 6 atom stereocenters. The van der Waals surface area contributed by atoms with Crippen LogP contribution in [-0.4, -0.2) is 26.2 Å². The zero-order chi connectivity index (χ0) is 30.2. The van der Waals surface area contributed by atoms with Crippen molar-refractivity contribution in [2.24, 2.45) is 22.9 Å². The van der Waals surface area contributed by atoms with E-state index in [0.717, 1.165) is 24.0 Å². The average molecular weight is 567 g/mol. The Hall–Kier alpha value is -3.36. The van der Waals surface area contributed by atoms with Crippen molar-refractivity contribution < 1.29 is 0 Å². The summed E-state index contributed by atoms with van der Waals surface area (Å²) in [6.07, 6.45) is 4.80. The topological polar surface area (TPSA) is 128 Å². The van der Waals surface area contributed by atoms with Crippen LogP contribution in [0.2, 0.25) is 0 Å². The van der Waals surface area contributed by atoms with Crippen LogP contribution in [0.4, 0.5) is 0 Å². The molecule has 4 aromatic rings. The van der Waals surface area contributed by atoms with Crippen LogP contribution in [0.15, 0.2) is 121 Å². The molecule has 6 nitrogen and oxygen atoms in total. The van der Waals surface area contributed by atoms with Gasteiger partial charge in [0.1, 0.15) is 0 Å². The summed E-state index contributed by atoms with van der Waals surface area (Å²) in [6.45, 7) is 0. The molecule has 6 heteroatoms. The van der Waals surface area contributed by atoms with Crippen molar-refractivity contribution in [3.63, 3.8) is 0 Å². The third-order valence-corrected chi connectivity index (χ3v) is 7.90. The highest BCUT2D eigenvalue weighted by Gasteiger charge is 2.21. The van der Waals surface area contributed by atoms with Crippen molar-refractivity contribution in [2.75, 3.05) is 14.1 Å². The molecule has 4 aromatic carbocycles. The Morgan fingerprint density at radius 3 is 0.976 bits per heavy atom. The molecule has 1 saturated carbocycles. The monoisotopic (exact) mass is 566 g/mol. The van der Waals surface area contributed by atoms with Gasteiger partial charge in [0, 0.05) is 24.2 Å². The first kappa shape index (κ1) is 33.1. The molecule has 0 radical (unpaired) electrons. The molecule has 10 N–H and O–H groups in total. The van der Waals surface area contributed by atoms with E-state index in [2.05, 4.69) is 59.2 Å². The Labute approximate surface area is 252 Å². The molecule has 42 heavy (non-hydrogen) atoms. The van der Waals surface area contributed by atoms with Crippen LogP contribution >= 0.6 is 0 Å². The lowest BCUT2D eigenvalue weighted by Gasteiger charge is -2.27. The number of hydrogen-bond acceptors (Lipinski definition) is 6. The molecule has 1 aliphatic rings. The molecule has 0 saturated heterocycles. The summed E-state index contributed by atoms with van der Waals surface area (Å²) < 4.78 is 0. The quantitative estimate of drug-likeness (QED) is 0.167. The van der Waals surface area contributed by atoms with Crippen molar-refractivity contribution in [1.82, 2.24) is 10.6 Å². The number of benzene rings is 4. The number of nitrogens with one attached hydrogen (secondary N) is 2. The zero-order valence-electron chi connectivity index (χ0n) is 25.1. The highest BCUT2D eigenvalue weighted by Crippen LogP contribution is 2.28. The third kappa shape index (κ3) is 10.2. The summed E-state index contributed by atoms with van der Waals surface area (Å²) in [7, 11) is 4.01. The van der Waals surface area contributed by atoms with Gasteiger partial charge in [-0.25, -0.2) is 0 Å². The van der Waals surface area contributed by atoms with Gasteiger partial charge in [0.15, 0.2) is 0 Å². The molecule has 5 rings (SSSR count). The predicted octanol–water partition coefficient (Wildman–Crippen LogP) is 5.51. The number of hydrogen-bond donors (Lipinski definition) is 6. The van der Waals surface area contributed by atoms with Crippen molar-refractivity contribution in [2.45, 2.75) is 61.9 Å². The van der Waals surface area contributed by atoms with Crippen LogP contribution in [0.3, 0.4) is 0 Å². The largest absolute Gasteiger partial charge is 0.326 e. The predicted molar refractivity (Wildman–Crippen MR) is 178 cm³/mol. The molecule has 0 aromatic heterocycles. The van der Waals surface area contributed by atoms with Crippen LogP contribution in [0, 0.1) is 0 Å². The molecule has 0 amide bonds. The van der Waals surface area contributed by atoms with Gasteiger partial charge in [0.05, 0.1) is 12.1 Å². The van der Waals surface area contributed by atoms with E-state index in [9.17, 15) is 0 Å². The smallest absolute Gasteiger partial charge is 0.0515 e. The van der Waals surface area contributed by atoms with E-state index >= 15 is 0 Å². The first-order chi connectivity index (χ1) is 20.5. The van der Waals surface area contributed by atoms with Crippen molar-refractivity contribution in [3.05, 3.63) is 144 Å². The van der Waals surface area contributed by atoms with E-state index in [1.165, 1.54) is 24.0 Å². The molecule has 1 aliphatic carbocycles. The van der Waals surface area contributed by atoms with Gasteiger partial charge < -0.3 is 33.6 Å². The zero-order valence-corrected chi connectivity index (χ0v) is 25.1. The highest BCUT2D eigenvalue weighted by molar-refractivity contribution is 5.28. The lowest BCUT2D eigenvalue weighted by atomic mass is 9.92. The highest BCUT2D eigenvalue weighted by atomic mass is 15.0. The summed E-state index contributed by atoms with van der Waals surface area (Å²) in [5, 5.41) is 6.81. The first-order valence-electron chi connectivity index (χ1n) is 15.0. The fourth-order valence-electron chi connectivity index (χ4n) is 5.33. The third-order valence-electron chi connectivity index (χ3n) is 7.90. The molecule has 0 unspecified atom stereocenters. The minimum Gasteiger partial charge on any atom is -0.326 e. The van der Waals surface area contributed by atoms with Gasteiger partial charge >= 0.3 is 0 Å². The standard InChI is InChI=1S/C16H20N2.C14H16N2.C6H14N2/c1-17-15(13-9-5-3-6-10-13)16(18-2)14-11-7-4-8-12-14;15-13(11-7-3-1-4-8-11)14(16)12-9-5-2-6-10-12;7-5-3-1-2-4-6(5)8/h3-12,15-18H,1-2H3;1-10,13-14H,15-16H2;5-6H,1-4,7-8H2/t15-,16-;13-,14-;5-,6-/m110/s1. The number of rotatable bonds is 8. The van der Waals surface area contributed by atoms with Crippen LogP contribution in [0.25, 0.3) is 0 Å². The van der Waals surface area contributed by atoms with Crippen molar-refractivity contribution in [3.8, 4) is 0 Å². The van der Waals surface area contributed by atoms with Crippen molar-refractivity contribution >= 4 is 0 Å². The molecule has 1 fully saturated rings.